The fourth-order valence-electron chi connectivity index (χ4n) is 1.83. The van der Waals surface area contributed by atoms with Crippen molar-refractivity contribution in [2.75, 3.05) is 0 Å². The van der Waals surface area contributed by atoms with Gasteiger partial charge < -0.3 is 0 Å². The van der Waals surface area contributed by atoms with E-state index in [0.29, 0.717) is 0 Å². The van der Waals surface area contributed by atoms with Crippen molar-refractivity contribution in [2.24, 2.45) is 0 Å². The molecule has 0 spiro atoms. The summed E-state index contributed by atoms with van der Waals surface area (Å²) in [6, 6.07) is 10.3. The third-order valence-electron chi connectivity index (χ3n) is 2.54. The summed E-state index contributed by atoms with van der Waals surface area (Å²) in [6.07, 6.45) is 0. The molecule has 3 rings (SSSR count). The van der Waals surface area contributed by atoms with Crippen molar-refractivity contribution in [1.82, 2.24) is 10.1 Å². The Bertz CT molecular complexity index is 618. The highest BCUT2D eigenvalue weighted by atomic mass is 32.1. The number of hydrogen-bond acceptors (Lipinski definition) is 2. The molecule has 0 amide bonds. The maximum atomic E-state index is 4.61. The Hall–Kier alpha value is -1.68. The van der Waals surface area contributed by atoms with Crippen LogP contribution in [0.1, 0.15) is 11.4 Å². The van der Waals surface area contributed by atoms with E-state index in [0.717, 1.165) is 16.3 Å². The molecule has 0 saturated carbocycles. The summed E-state index contributed by atoms with van der Waals surface area (Å²) < 4.78 is 3.25. The lowest BCUT2D eigenvalue weighted by molar-refractivity contribution is -0.661. The number of para-hydroxylation sites is 1. The highest BCUT2D eigenvalue weighted by Crippen LogP contribution is 2.21. The SMILES string of the molecule is Cc1cc(C)[n+](-c2nc3ccccc3s2)[nH]1. The van der Waals surface area contributed by atoms with Crippen LogP contribution in [-0.4, -0.2) is 10.1 Å². The van der Waals surface area contributed by atoms with Crippen molar-refractivity contribution in [3.63, 3.8) is 0 Å². The lowest BCUT2D eigenvalue weighted by Gasteiger charge is -1.87. The molecule has 0 aliphatic carbocycles. The monoisotopic (exact) mass is 230 g/mol. The van der Waals surface area contributed by atoms with Gasteiger partial charge >= 0.3 is 5.13 Å². The number of nitrogens with one attached hydrogen (secondary N) is 1. The number of fused-ring (bicyclic) bond motifs is 1. The largest absolute Gasteiger partial charge is 0.407 e. The van der Waals surface area contributed by atoms with E-state index in [4.69, 9.17) is 0 Å². The Morgan fingerprint density at radius 3 is 2.75 bits per heavy atom. The summed E-state index contributed by atoms with van der Waals surface area (Å²) in [5.74, 6) is 0. The first-order valence-electron chi connectivity index (χ1n) is 5.18. The van der Waals surface area contributed by atoms with Crippen molar-refractivity contribution >= 4 is 21.6 Å². The van der Waals surface area contributed by atoms with Crippen LogP contribution in [0.2, 0.25) is 0 Å². The van der Waals surface area contributed by atoms with Gasteiger partial charge in [0.05, 0.1) is 10.4 Å². The van der Waals surface area contributed by atoms with Crippen LogP contribution in [0, 0.1) is 13.8 Å². The zero-order valence-corrected chi connectivity index (χ0v) is 10.0. The number of thiazole rings is 1. The van der Waals surface area contributed by atoms with Crippen LogP contribution in [0.3, 0.4) is 0 Å². The molecule has 0 unspecified atom stereocenters. The van der Waals surface area contributed by atoms with Gasteiger partial charge in [-0.15, -0.1) is 4.68 Å². The number of aromatic nitrogens is 3. The minimum Gasteiger partial charge on any atom is -0.227 e. The fraction of sp³-hybridized carbons (Fsp3) is 0.167. The van der Waals surface area contributed by atoms with Gasteiger partial charge in [0.25, 0.3) is 0 Å². The van der Waals surface area contributed by atoms with Gasteiger partial charge in [0, 0.05) is 13.0 Å². The number of rotatable bonds is 1. The number of benzene rings is 1. The third kappa shape index (κ3) is 1.42. The smallest absolute Gasteiger partial charge is 0.227 e. The summed E-state index contributed by atoms with van der Waals surface area (Å²) in [5, 5.41) is 4.28. The summed E-state index contributed by atoms with van der Waals surface area (Å²) in [5.41, 5.74) is 3.38. The summed E-state index contributed by atoms with van der Waals surface area (Å²) in [7, 11) is 0. The zero-order chi connectivity index (χ0) is 11.1. The van der Waals surface area contributed by atoms with E-state index in [-0.39, 0.29) is 0 Å². The fourth-order valence-corrected chi connectivity index (χ4v) is 2.82. The quantitative estimate of drug-likeness (QED) is 0.640. The standard InChI is InChI=1S/C12H11N3S/c1-8-7-9(2)15(14-8)12-13-10-5-3-4-6-11(10)16-12/h3-7H,1-2H3/p+1. The van der Waals surface area contributed by atoms with E-state index in [2.05, 4.69) is 36.1 Å². The van der Waals surface area contributed by atoms with Crippen molar-refractivity contribution in [3.05, 3.63) is 41.7 Å². The maximum absolute atomic E-state index is 4.61. The molecule has 0 bridgehead atoms. The Morgan fingerprint density at radius 1 is 1.25 bits per heavy atom. The molecule has 1 aromatic carbocycles. The highest BCUT2D eigenvalue weighted by Gasteiger charge is 2.18. The molecule has 2 heterocycles. The van der Waals surface area contributed by atoms with Crippen LogP contribution in [0.15, 0.2) is 30.3 Å². The lowest BCUT2D eigenvalue weighted by Crippen LogP contribution is -2.35. The van der Waals surface area contributed by atoms with Crippen LogP contribution in [0.25, 0.3) is 15.3 Å². The minimum atomic E-state index is 0.992. The molecular weight excluding hydrogens is 218 g/mol. The van der Waals surface area contributed by atoms with Crippen LogP contribution >= 0.6 is 11.3 Å². The summed E-state index contributed by atoms with van der Waals surface area (Å²) in [6.45, 7) is 4.13. The molecule has 0 atom stereocenters. The molecule has 0 fully saturated rings. The lowest BCUT2D eigenvalue weighted by atomic mass is 10.3. The third-order valence-corrected chi connectivity index (χ3v) is 3.56. The number of aromatic amines is 1. The number of nitrogens with zero attached hydrogens (tertiary/aromatic N) is 2. The summed E-state index contributed by atoms with van der Waals surface area (Å²) >= 11 is 1.70. The average Bonchev–Trinajstić information content (AvgIpc) is 2.81. The number of hydrogen-bond donors (Lipinski definition) is 1. The molecule has 2 aromatic heterocycles. The van der Waals surface area contributed by atoms with Crippen molar-refractivity contribution in [3.8, 4) is 5.13 Å². The Labute approximate surface area is 97.4 Å². The van der Waals surface area contributed by atoms with E-state index < -0.39 is 0 Å². The maximum Gasteiger partial charge on any atom is 0.407 e. The van der Waals surface area contributed by atoms with Gasteiger partial charge in [0.2, 0.25) is 0 Å². The molecule has 1 N–H and O–H groups in total. The van der Waals surface area contributed by atoms with Gasteiger partial charge in [0.15, 0.2) is 5.52 Å². The van der Waals surface area contributed by atoms with Crippen molar-refractivity contribution in [2.45, 2.75) is 13.8 Å². The van der Waals surface area contributed by atoms with E-state index >= 15 is 0 Å². The Kier molecular flexibility index (Phi) is 2.04. The topological polar surface area (TPSA) is 32.6 Å². The molecule has 0 saturated heterocycles. The molecule has 16 heavy (non-hydrogen) atoms. The highest BCUT2D eigenvalue weighted by molar-refractivity contribution is 7.20. The van der Waals surface area contributed by atoms with Crippen molar-refractivity contribution < 1.29 is 4.68 Å². The number of aryl methyl sites for hydroxylation is 2. The molecule has 3 aromatic rings. The first-order valence-corrected chi connectivity index (χ1v) is 6.00. The van der Waals surface area contributed by atoms with E-state index in [1.807, 2.05) is 22.9 Å². The van der Waals surface area contributed by atoms with Gasteiger partial charge in [-0.1, -0.05) is 12.1 Å². The normalized spacial score (nSPS) is 11.1. The minimum absolute atomic E-state index is 0.992. The van der Waals surface area contributed by atoms with Gasteiger partial charge in [-0.2, -0.15) is 0 Å². The van der Waals surface area contributed by atoms with E-state index in [9.17, 15) is 0 Å². The second kappa shape index (κ2) is 3.42. The van der Waals surface area contributed by atoms with Gasteiger partial charge in [-0.3, -0.25) is 0 Å². The second-order valence-corrected chi connectivity index (χ2v) is 4.89. The first kappa shape index (κ1) is 9.54. The van der Waals surface area contributed by atoms with E-state index in [1.54, 1.807) is 11.3 Å². The van der Waals surface area contributed by atoms with Gasteiger partial charge in [-0.05, 0) is 35.4 Å². The first-order chi connectivity index (χ1) is 7.74. The van der Waals surface area contributed by atoms with Crippen molar-refractivity contribution in [1.29, 1.82) is 0 Å². The molecule has 0 radical (unpaired) electrons. The van der Waals surface area contributed by atoms with Gasteiger partial charge in [-0.25, -0.2) is 5.10 Å². The molecule has 4 heteroatoms. The van der Waals surface area contributed by atoms with E-state index in [1.165, 1.54) is 10.4 Å². The van der Waals surface area contributed by atoms with Gasteiger partial charge in [0.1, 0.15) is 5.69 Å². The second-order valence-electron chi connectivity index (χ2n) is 3.88. The molecule has 3 nitrogen and oxygen atoms in total. The predicted molar refractivity (Wildman–Crippen MR) is 65.0 cm³/mol. The summed E-state index contributed by atoms with van der Waals surface area (Å²) in [4.78, 5) is 4.61. The van der Waals surface area contributed by atoms with Crippen LogP contribution < -0.4 is 4.68 Å². The Morgan fingerprint density at radius 2 is 2.06 bits per heavy atom. The molecular formula is C12H12N3S+. The average molecular weight is 230 g/mol. The van der Waals surface area contributed by atoms with Crippen LogP contribution in [0.5, 0.6) is 0 Å². The predicted octanol–water partition coefficient (Wildman–Crippen LogP) is 2.52. The zero-order valence-electron chi connectivity index (χ0n) is 9.19. The molecule has 0 aliphatic heterocycles. The molecule has 80 valence electrons. The van der Waals surface area contributed by atoms with Crippen LogP contribution in [-0.2, 0) is 0 Å². The van der Waals surface area contributed by atoms with Crippen LogP contribution in [0.4, 0.5) is 0 Å². The number of H-pyrrole nitrogens is 1. The Balaban J connectivity index is 2.22. The molecule has 0 aliphatic rings.